The first kappa shape index (κ1) is 25.0. The summed E-state index contributed by atoms with van der Waals surface area (Å²) in [5, 5.41) is 0. The van der Waals surface area contributed by atoms with Crippen LogP contribution >= 0.6 is 0 Å². The first-order chi connectivity index (χ1) is 17.0. The molecule has 3 aromatic rings. The van der Waals surface area contributed by atoms with Gasteiger partial charge in [0.1, 0.15) is 11.5 Å². The van der Waals surface area contributed by atoms with Crippen molar-refractivity contribution >= 4 is 0 Å². The average Bonchev–Trinajstić information content (AvgIpc) is 2.87. The molecule has 1 saturated carbocycles. The number of hydrogen-bond acceptors (Lipinski definition) is 3. The number of benzene rings is 3. The van der Waals surface area contributed by atoms with E-state index in [9.17, 15) is 8.78 Å². The smallest absolute Gasteiger partial charge is 0.168 e. The Morgan fingerprint density at radius 1 is 0.714 bits per heavy atom. The third-order valence-electron chi connectivity index (χ3n) is 6.56. The van der Waals surface area contributed by atoms with E-state index < -0.39 is 17.5 Å². The van der Waals surface area contributed by atoms with Crippen molar-refractivity contribution in [1.82, 2.24) is 0 Å². The highest BCUT2D eigenvalue weighted by atomic mass is 19.2. The zero-order valence-electron chi connectivity index (χ0n) is 20.2. The van der Waals surface area contributed by atoms with Gasteiger partial charge in [0.15, 0.2) is 23.2 Å². The molecule has 0 radical (unpaired) electrons. The van der Waals surface area contributed by atoms with Gasteiger partial charge in [-0.3, -0.25) is 0 Å². The number of rotatable bonds is 9. The Morgan fingerprint density at radius 3 is 2.03 bits per heavy atom. The van der Waals surface area contributed by atoms with Crippen molar-refractivity contribution in [3.63, 3.8) is 0 Å². The molecule has 1 fully saturated rings. The largest absolute Gasteiger partial charge is 0.494 e. The summed E-state index contributed by atoms with van der Waals surface area (Å²) in [6, 6.07) is 14.9. The van der Waals surface area contributed by atoms with Crippen LogP contribution in [0.5, 0.6) is 17.2 Å². The van der Waals surface area contributed by atoms with E-state index in [4.69, 9.17) is 14.2 Å². The molecule has 1 aliphatic carbocycles. The highest BCUT2D eigenvalue weighted by Crippen LogP contribution is 2.39. The van der Waals surface area contributed by atoms with Gasteiger partial charge in [0.2, 0.25) is 0 Å². The van der Waals surface area contributed by atoms with Gasteiger partial charge in [0.05, 0.1) is 19.8 Å². The van der Waals surface area contributed by atoms with Gasteiger partial charge in [-0.05, 0) is 86.8 Å². The lowest BCUT2D eigenvalue weighted by molar-refractivity contribution is 0.193. The van der Waals surface area contributed by atoms with E-state index in [-0.39, 0.29) is 23.1 Å². The van der Waals surface area contributed by atoms with E-state index in [1.165, 1.54) is 6.07 Å². The Hall–Kier alpha value is -3.15. The lowest BCUT2D eigenvalue weighted by Crippen LogP contribution is -2.20. The Balaban J connectivity index is 1.35. The van der Waals surface area contributed by atoms with Crippen LogP contribution in [0.3, 0.4) is 0 Å². The van der Waals surface area contributed by atoms with Crippen molar-refractivity contribution in [3.05, 3.63) is 77.6 Å². The van der Waals surface area contributed by atoms with Crippen LogP contribution in [-0.4, -0.2) is 19.8 Å². The predicted molar refractivity (Wildman–Crippen MR) is 131 cm³/mol. The summed E-state index contributed by atoms with van der Waals surface area (Å²) in [6.45, 7) is 5.14. The third-order valence-corrected chi connectivity index (χ3v) is 6.56. The summed E-state index contributed by atoms with van der Waals surface area (Å²) in [4.78, 5) is 0. The summed E-state index contributed by atoms with van der Waals surface area (Å²) in [5.74, 6) is -0.468. The van der Waals surface area contributed by atoms with Crippen LogP contribution in [-0.2, 0) is 0 Å². The van der Waals surface area contributed by atoms with Gasteiger partial charge in [-0.2, -0.15) is 0 Å². The predicted octanol–water partition coefficient (Wildman–Crippen LogP) is 7.92. The highest BCUT2D eigenvalue weighted by molar-refractivity contribution is 5.65. The summed E-state index contributed by atoms with van der Waals surface area (Å²) >= 11 is 0. The molecule has 3 aromatic carbocycles. The normalized spacial score (nSPS) is 17.7. The molecule has 6 heteroatoms. The number of halogens is 3. The van der Waals surface area contributed by atoms with Crippen molar-refractivity contribution in [2.45, 2.75) is 45.4 Å². The minimum absolute atomic E-state index is 0.0441. The van der Waals surface area contributed by atoms with Gasteiger partial charge in [-0.15, -0.1) is 0 Å². The molecule has 0 aromatic heterocycles. The van der Waals surface area contributed by atoms with E-state index in [0.29, 0.717) is 42.4 Å². The molecular weight excluding hydrogens is 453 g/mol. The molecule has 0 heterocycles. The monoisotopic (exact) mass is 484 g/mol. The lowest BCUT2D eigenvalue weighted by atomic mass is 9.78. The van der Waals surface area contributed by atoms with Gasteiger partial charge >= 0.3 is 0 Å². The first-order valence-electron chi connectivity index (χ1n) is 12.3. The zero-order valence-corrected chi connectivity index (χ0v) is 20.2. The number of hydrogen-bond donors (Lipinski definition) is 0. The van der Waals surface area contributed by atoms with Crippen molar-refractivity contribution in [3.8, 4) is 28.4 Å². The molecule has 0 unspecified atom stereocenters. The van der Waals surface area contributed by atoms with Crippen LogP contribution in [0.2, 0.25) is 0 Å². The Bertz CT molecular complexity index is 1120. The van der Waals surface area contributed by atoms with Crippen molar-refractivity contribution in [2.75, 3.05) is 19.8 Å². The minimum atomic E-state index is -0.817. The molecule has 0 N–H and O–H groups in total. The molecule has 35 heavy (non-hydrogen) atoms. The molecule has 0 spiro atoms. The van der Waals surface area contributed by atoms with E-state index >= 15 is 4.39 Å². The van der Waals surface area contributed by atoms with E-state index in [2.05, 4.69) is 0 Å². The molecule has 4 rings (SSSR count). The summed E-state index contributed by atoms with van der Waals surface area (Å²) < 4.78 is 60.7. The maximum atomic E-state index is 15.1. The molecule has 0 amide bonds. The Labute approximate surface area is 204 Å². The standard InChI is InChI=1S/C29H31F3O3/c1-3-33-22-11-9-21(10-12-22)25-15-14-24(28(31)29(25)32)20-7-5-19(6-8-20)18-35-27-16-13-23(34-4-2)17-26(27)30/h9-17,19-20H,3-8,18H2,1-2H3. The van der Waals surface area contributed by atoms with Crippen LogP contribution < -0.4 is 14.2 Å². The fourth-order valence-corrected chi connectivity index (χ4v) is 4.70. The molecule has 3 nitrogen and oxygen atoms in total. The van der Waals surface area contributed by atoms with Gasteiger partial charge < -0.3 is 14.2 Å². The van der Waals surface area contributed by atoms with Crippen molar-refractivity contribution in [2.24, 2.45) is 5.92 Å². The van der Waals surface area contributed by atoms with Crippen LogP contribution in [0.4, 0.5) is 13.2 Å². The van der Waals surface area contributed by atoms with Gasteiger partial charge in [-0.1, -0.05) is 24.3 Å². The van der Waals surface area contributed by atoms with Gasteiger partial charge in [0.25, 0.3) is 0 Å². The van der Waals surface area contributed by atoms with Crippen molar-refractivity contribution in [1.29, 1.82) is 0 Å². The minimum Gasteiger partial charge on any atom is -0.494 e. The van der Waals surface area contributed by atoms with Crippen LogP contribution in [0.15, 0.2) is 54.6 Å². The summed E-state index contributed by atoms with van der Waals surface area (Å²) in [5.41, 5.74) is 1.28. The highest BCUT2D eigenvalue weighted by Gasteiger charge is 2.27. The molecule has 0 atom stereocenters. The quantitative estimate of drug-likeness (QED) is 0.309. The molecule has 0 saturated heterocycles. The van der Waals surface area contributed by atoms with Crippen LogP contribution in [0.1, 0.15) is 51.0 Å². The summed E-state index contributed by atoms with van der Waals surface area (Å²) in [6.07, 6.45) is 3.09. The maximum absolute atomic E-state index is 15.1. The Kier molecular flexibility index (Phi) is 8.21. The van der Waals surface area contributed by atoms with Gasteiger partial charge in [-0.25, -0.2) is 13.2 Å². The SMILES string of the molecule is CCOc1ccc(-c2ccc(C3CCC(COc4ccc(OCC)cc4F)CC3)c(F)c2F)cc1. The molecular formula is C29H31F3O3. The molecule has 0 aliphatic heterocycles. The van der Waals surface area contributed by atoms with Crippen molar-refractivity contribution < 1.29 is 27.4 Å². The van der Waals surface area contributed by atoms with Crippen LogP contribution in [0, 0.1) is 23.4 Å². The second kappa shape index (κ2) is 11.5. The average molecular weight is 485 g/mol. The molecule has 1 aliphatic rings. The van der Waals surface area contributed by atoms with E-state index in [1.807, 2.05) is 13.8 Å². The Morgan fingerprint density at radius 2 is 1.37 bits per heavy atom. The van der Waals surface area contributed by atoms with Crippen LogP contribution in [0.25, 0.3) is 11.1 Å². The number of ether oxygens (including phenoxy) is 3. The zero-order chi connectivity index (χ0) is 24.8. The fourth-order valence-electron chi connectivity index (χ4n) is 4.70. The first-order valence-corrected chi connectivity index (χ1v) is 12.3. The van der Waals surface area contributed by atoms with Gasteiger partial charge in [0, 0.05) is 11.6 Å². The maximum Gasteiger partial charge on any atom is 0.168 e. The lowest BCUT2D eigenvalue weighted by Gasteiger charge is -2.29. The molecule has 186 valence electrons. The second-order valence-corrected chi connectivity index (χ2v) is 8.84. The third kappa shape index (κ3) is 5.92. The van der Waals surface area contributed by atoms with E-state index in [1.54, 1.807) is 48.5 Å². The summed E-state index contributed by atoms with van der Waals surface area (Å²) in [7, 11) is 0. The second-order valence-electron chi connectivity index (χ2n) is 8.84. The fraction of sp³-hybridized carbons (Fsp3) is 0.379. The molecule has 0 bridgehead atoms. The van der Waals surface area contributed by atoms with E-state index in [0.717, 1.165) is 25.7 Å². The topological polar surface area (TPSA) is 27.7 Å².